The summed E-state index contributed by atoms with van der Waals surface area (Å²) in [6, 6.07) is 53.4. The second kappa shape index (κ2) is 44.2. The number of morpholine rings is 3. The lowest BCUT2D eigenvalue weighted by molar-refractivity contribution is -0.0634. The maximum Gasteiger partial charge on any atom is 0.264 e. The standard InChI is InChI=1S/C27H37N3O3S.C26H35N3O3S.C25H33N3O3S.C24H31N3O3S/c1-6-22-7-9-24(10-8-22)30(15-19(2)3)34(31,32)25-11-12-26-23(13-25)14-28-27(26)18-29-16-20(4)33-21(5)17-29;1-5-21-6-8-23(9-7-21)29(16-19(2)3)33(30,31)24-10-11-25-22(14-24)15-27-26(25)17-28-12-13-32-18-20(28)4;1-4-20-5-7-22(8-6-20)28(17-19(2)3)32(29,30)23-9-10-24-21(15-23)16-26-25(24)18-27-11-13-31-14-12-27;1-18(2)16-27(23-7-5-4-6-19(23)3)31(28,29)22-8-9-24-21(14-22)15-25-26(24)17-20-10-12-30-13-11-20/h7-13,19-21H,6,14-18H2,1-5H3;6-11,14,19-20H,5,12-13,15-18H2,1-4H3;5-10,15,19H,4,11-14,16-18H2,1-3H3;4-9,14-15,18,20H,10-13,16-17H2,1-3H3/t20-,21+;20-;;/m.0../s1. The average molecular weight is 1850 g/mol. The third kappa shape index (κ3) is 24.3. The van der Waals surface area contributed by atoms with Crippen LogP contribution < -0.4 is 17.2 Å². The molecule has 28 heteroatoms. The first-order chi connectivity index (χ1) is 62.2. The van der Waals surface area contributed by atoms with Crippen LogP contribution in [-0.2, 0) is 104 Å². The van der Waals surface area contributed by atoms with Crippen LogP contribution in [0.1, 0.15) is 165 Å². The van der Waals surface area contributed by atoms with Gasteiger partial charge in [-0.1, -0.05) is 149 Å². The van der Waals surface area contributed by atoms with Crippen molar-refractivity contribution in [1.82, 2.24) is 24.5 Å². The first-order valence-corrected chi connectivity index (χ1v) is 52.4. The molecule has 1 aromatic heterocycles. The molecule has 0 saturated carbocycles. The SMILES string of the molecule is CCc1ccc(N(CC(C)C)S(=O)(=O)c2ccc3c(c2)CN=C3CN2CCOCC2)cc1.CCc1ccc(N(CC(C)C)S(=O)(=O)c2ccc3c(c2)CN=C3CN2CCOC[C@@H]2C)cc1.CCc1ccc(N(CC(C)C)S(=O)(=O)c2ccc3c(c2)CN=C3CN2C[C@@H](C)O[C@@H](C)C2)cc1.Cc1ccccc1N(CC(C)C)S(=O)(=O)c1ccc2c(cnn2CC2CCOCC2)c1. The minimum atomic E-state index is -3.70. The number of anilines is 4. The number of para-hydroxylation sites is 1. The summed E-state index contributed by atoms with van der Waals surface area (Å²) in [4.78, 5) is 22.6. The molecule has 9 aromatic rings. The van der Waals surface area contributed by atoms with Crippen LogP contribution in [-0.4, -0.2) is 212 Å². The normalized spacial score (nSPS) is 18.1. The smallest absolute Gasteiger partial charge is 0.264 e. The van der Waals surface area contributed by atoms with Gasteiger partial charge in [-0.15, -0.1) is 0 Å². The van der Waals surface area contributed by atoms with Crippen molar-refractivity contribution < 1.29 is 52.6 Å². The molecular formula is C102H136N12O12S4. The fraction of sp³-hybridized carbons (Fsp3) is 0.490. The first-order valence-electron chi connectivity index (χ1n) is 46.7. The molecule has 4 saturated heterocycles. The van der Waals surface area contributed by atoms with Crippen molar-refractivity contribution in [2.75, 3.05) is 135 Å². The van der Waals surface area contributed by atoms with Crippen LogP contribution in [0.2, 0.25) is 0 Å². The number of aryl methyl sites for hydroxylation is 4. The van der Waals surface area contributed by atoms with Crippen LogP contribution in [0.5, 0.6) is 0 Å². The number of hydrogen-bond acceptors (Lipinski definition) is 19. The Hall–Kier alpha value is -9.04. The molecule has 16 rings (SSSR count). The predicted molar refractivity (Wildman–Crippen MR) is 525 cm³/mol. The van der Waals surface area contributed by atoms with Crippen molar-refractivity contribution in [2.45, 2.75) is 200 Å². The zero-order chi connectivity index (χ0) is 92.8. The van der Waals surface area contributed by atoms with Crippen LogP contribution in [0.25, 0.3) is 10.9 Å². The van der Waals surface area contributed by atoms with E-state index >= 15 is 0 Å². The molecule has 7 aliphatic rings. The molecule has 0 bridgehead atoms. The molecule has 0 amide bonds. The summed E-state index contributed by atoms with van der Waals surface area (Å²) in [5.41, 5.74) is 17.6. The topological polar surface area (TPSA) is 251 Å². The monoisotopic (exact) mass is 1850 g/mol. The number of fused-ring (bicyclic) bond motifs is 4. The molecule has 3 atom stereocenters. The number of benzene rings is 8. The largest absolute Gasteiger partial charge is 0.381 e. The van der Waals surface area contributed by atoms with E-state index in [9.17, 15) is 33.7 Å². The van der Waals surface area contributed by atoms with Crippen molar-refractivity contribution in [2.24, 2.45) is 44.6 Å². The predicted octanol–water partition coefficient (Wildman–Crippen LogP) is 17.0. The highest BCUT2D eigenvalue weighted by Gasteiger charge is 2.36. The lowest BCUT2D eigenvalue weighted by Gasteiger charge is -2.35. The number of ether oxygens (including phenoxy) is 4. The molecule has 0 N–H and O–H groups in total. The van der Waals surface area contributed by atoms with E-state index in [1.807, 2.05) is 207 Å². The Morgan fingerprint density at radius 2 is 0.808 bits per heavy atom. The van der Waals surface area contributed by atoms with Gasteiger partial charge in [-0.2, -0.15) is 5.10 Å². The second-order valence-corrected chi connectivity index (χ2v) is 44.6. The van der Waals surface area contributed by atoms with Gasteiger partial charge in [0.25, 0.3) is 40.1 Å². The highest BCUT2D eigenvalue weighted by atomic mass is 32.2. The maximum absolute atomic E-state index is 13.8. The van der Waals surface area contributed by atoms with Gasteiger partial charge in [0.2, 0.25) is 0 Å². The van der Waals surface area contributed by atoms with Crippen molar-refractivity contribution in [3.8, 4) is 0 Å². The zero-order valence-corrected chi connectivity index (χ0v) is 82.1. The summed E-state index contributed by atoms with van der Waals surface area (Å²) in [5, 5.41) is 5.39. The summed E-state index contributed by atoms with van der Waals surface area (Å²) in [5.74, 6) is 1.34. The summed E-state index contributed by atoms with van der Waals surface area (Å²) in [7, 11) is -14.8. The molecule has 0 aliphatic carbocycles. The van der Waals surface area contributed by atoms with E-state index in [4.69, 9.17) is 33.9 Å². The third-order valence-corrected chi connectivity index (χ3v) is 32.0. The number of nitrogens with zero attached hydrogens (tertiary/aromatic N) is 12. The highest BCUT2D eigenvalue weighted by molar-refractivity contribution is 7.93. The van der Waals surface area contributed by atoms with Crippen LogP contribution in [0.3, 0.4) is 0 Å². The molecule has 7 aliphatic heterocycles. The van der Waals surface area contributed by atoms with Gasteiger partial charge in [-0.05, 0) is 225 Å². The number of hydrogen-bond donors (Lipinski definition) is 0. The Bertz CT molecular complexity index is 5900. The molecule has 0 unspecified atom stereocenters. The van der Waals surface area contributed by atoms with Gasteiger partial charge in [0.1, 0.15) is 0 Å². The van der Waals surface area contributed by atoms with Crippen LogP contribution in [0.15, 0.2) is 211 Å². The summed E-state index contributed by atoms with van der Waals surface area (Å²) in [6.07, 6.45) is 7.03. The lowest BCUT2D eigenvalue weighted by Crippen LogP contribution is -2.47. The molecule has 130 heavy (non-hydrogen) atoms. The van der Waals surface area contributed by atoms with E-state index in [-0.39, 0.29) is 35.9 Å². The van der Waals surface area contributed by atoms with Crippen molar-refractivity contribution >= 4 is 90.9 Å². The van der Waals surface area contributed by atoms with Crippen molar-refractivity contribution in [3.63, 3.8) is 0 Å². The average Bonchev–Trinajstić information content (AvgIpc) is 1.42. The molecule has 24 nitrogen and oxygen atoms in total. The molecule has 700 valence electrons. The first kappa shape index (κ1) is 98.5. The molecular weight excluding hydrogens is 1710 g/mol. The van der Waals surface area contributed by atoms with Gasteiger partial charge in [0, 0.05) is 126 Å². The van der Waals surface area contributed by atoms with E-state index < -0.39 is 40.1 Å². The number of sulfonamides is 4. The van der Waals surface area contributed by atoms with Gasteiger partial charge >= 0.3 is 0 Å². The fourth-order valence-corrected chi connectivity index (χ4v) is 24.5. The maximum atomic E-state index is 13.8. The van der Waals surface area contributed by atoms with E-state index in [1.54, 1.807) is 53.7 Å². The molecule has 8 heterocycles. The van der Waals surface area contributed by atoms with E-state index in [2.05, 4.69) is 61.3 Å². The lowest BCUT2D eigenvalue weighted by atomic mass is 10.0. The minimum absolute atomic E-state index is 0.195. The summed E-state index contributed by atoms with van der Waals surface area (Å²) >= 11 is 0. The van der Waals surface area contributed by atoms with Gasteiger partial charge in [-0.25, -0.2) is 33.7 Å². The summed E-state index contributed by atoms with van der Waals surface area (Å²) in [6.45, 7) is 46.4. The Kier molecular flexibility index (Phi) is 33.5. The third-order valence-electron chi connectivity index (χ3n) is 24.8. The minimum Gasteiger partial charge on any atom is -0.381 e. The van der Waals surface area contributed by atoms with Crippen LogP contribution in [0, 0.1) is 36.5 Å². The Labute approximate surface area is 774 Å². The van der Waals surface area contributed by atoms with E-state index in [1.165, 1.54) is 16.7 Å². The van der Waals surface area contributed by atoms with E-state index in [0.717, 1.165) is 203 Å². The molecule has 8 aromatic carbocycles. The van der Waals surface area contributed by atoms with E-state index in [0.29, 0.717) is 94.4 Å². The molecule has 0 spiro atoms. The van der Waals surface area contributed by atoms with Crippen molar-refractivity contribution in [3.05, 3.63) is 232 Å². The Morgan fingerprint density at radius 1 is 0.423 bits per heavy atom. The number of aromatic nitrogens is 2. The van der Waals surface area contributed by atoms with Crippen LogP contribution >= 0.6 is 0 Å². The fourth-order valence-electron chi connectivity index (χ4n) is 17.7. The Morgan fingerprint density at radius 3 is 1.23 bits per heavy atom. The van der Waals surface area contributed by atoms with Gasteiger partial charge in [-0.3, -0.25) is 51.6 Å². The quantitative estimate of drug-likeness (QED) is 0.0391. The highest BCUT2D eigenvalue weighted by Crippen LogP contribution is 2.37. The molecule has 4 fully saturated rings. The van der Waals surface area contributed by atoms with Crippen LogP contribution in [0.4, 0.5) is 22.7 Å². The zero-order valence-electron chi connectivity index (χ0n) is 78.9. The summed E-state index contributed by atoms with van der Waals surface area (Å²) < 4.78 is 140. The van der Waals surface area contributed by atoms with Gasteiger partial charge in [0.15, 0.2) is 0 Å². The van der Waals surface area contributed by atoms with Gasteiger partial charge < -0.3 is 18.9 Å². The van der Waals surface area contributed by atoms with Gasteiger partial charge in [0.05, 0.1) is 129 Å². The molecule has 0 radical (unpaired) electrons. The van der Waals surface area contributed by atoms with Crippen molar-refractivity contribution in [1.29, 1.82) is 0 Å². The number of aliphatic imine (C=N–C) groups is 3. The Balaban J connectivity index is 0.000000148. The number of rotatable bonds is 31. The second-order valence-electron chi connectivity index (χ2n) is 37.1.